The molecule has 0 bridgehead atoms. The Morgan fingerprint density at radius 2 is 1.90 bits per heavy atom. The summed E-state index contributed by atoms with van der Waals surface area (Å²) in [5.74, 6) is -1.26. The molecule has 0 saturated heterocycles. The third kappa shape index (κ3) is 3.37. The molecule has 12 heteroatoms. The molecule has 2 N–H and O–H groups in total. The molecule has 0 atom stereocenters. The Morgan fingerprint density at radius 1 is 1.23 bits per heavy atom. The minimum Gasteiger partial charge on any atom is -0.446 e. The second-order valence-corrected chi connectivity index (χ2v) is 7.13. The van der Waals surface area contributed by atoms with Crippen molar-refractivity contribution in [2.75, 3.05) is 0 Å². The molecule has 3 aromatic heterocycles. The van der Waals surface area contributed by atoms with Crippen LogP contribution in [0.2, 0.25) is 10.0 Å². The summed E-state index contributed by atoms with van der Waals surface area (Å²) in [5, 5.41) is 4.56. The van der Waals surface area contributed by atoms with Crippen molar-refractivity contribution in [3.8, 4) is 17.0 Å². The summed E-state index contributed by atoms with van der Waals surface area (Å²) in [4.78, 5) is 28.9. The zero-order valence-corrected chi connectivity index (χ0v) is 17.2. The van der Waals surface area contributed by atoms with Gasteiger partial charge in [0.15, 0.2) is 11.3 Å². The average Bonchev–Trinajstić information content (AvgIpc) is 3.10. The van der Waals surface area contributed by atoms with Crippen LogP contribution in [0.25, 0.3) is 33.2 Å². The molecule has 8 nitrogen and oxygen atoms in total. The number of nitrogens with two attached hydrogens (primary N) is 1. The topological polar surface area (TPSA) is 113 Å². The number of alkyl halides is 2. The van der Waals surface area contributed by atoms with Gasteiger partial charge in [-0.15, -0.1) is 0 Å². The summed E-state index contributed by atoms with van der Waals surface area (Å²) in [6.45, 7) is -1.35. The monoisotopic (exact) mass is 468 g/mol. The van der Waals surface area contributed by atoms with Crippen LogP contribution >= 0.6 is 23.2 Å². The number of hydrogen-bond donors (Lipinski definition) is 1. The maximum absolute atomic E-state index is 12.9. The number of carbonyl (C=O) groups excluding carboxylic acids is 1. The molecular weight excluding hydrogens is 457 g/mol. The number of benzene rings is 1. The predicted molar refractivity (Wildman–Crippen MR) is 110 cm³/mol. The number of amides is 1. The largest absolute Gasteiger partial charge is 0.446 e. The van der Waals surface area contributed by atoms with E-state index in [1.165, 1.54) is 18.5 Å². The zero-order chi connectivity index (χ0) is 22.4. The number of carbonyl (C=O) groups is 1. The Hall–Kier alpha value is -3.24. The Balaban J connectivity index is 2.29. The fraction of sp³-hybridized carbons (Fsp3) is 0.158. The van der Waals surface area contributed by atoms with Gasteiger partial charge in [0.05, 0.1) is 21.0 Å². The summed E-state index contributed by atoms with van der Waals surface area (Å²) in [7, 11) is 0. The molecule has 160 valence electrons. The molecule has 0 unspecified atom stereocenters. The maximum atomic E-state index is 12.9. The predicted octanol–water partition coefficient (Wildman–Crippen LogP) is 4.23. The molecule has 0 spiro atoms. The van der Waals surface area contributed by atoms with Crippen molar-refractivity contribution in [2.24, 2.45) is 5.73 Å². The quantitative estimate of drug-likeness (QED) is 0.468. The van der Waals surface area contributed by atoms with Crippen LogP contribution < -0.4 is 16.0 Å². The molecular formula is C19H12Cl2F2N4O4. The van der Waals surface area contributed by atoms with Gasteiger partial charge in [-0.05, 0) is 19.1 Å². The van der Waals surface area contributed by atoms with E-state index >= 15 is 0 Å². The van der Waals surface area contributed by atoms with Gasteiger partial charge in [-0.1, -0.05) is 23.2 Å². The molecule has 4 rings (SSSR count). The lowest BCUT2D eigenvalue weighted by Gasteiger charge is -2.10. The van der Waals surface area contributed by atoms with Gasteiger partial charge in [-0.3, -0.25) is 14.6 Å². The highest BCUT2D eigenvalue weighted by Crippen LogP contribution is 2.43. The van der Waals surface area contributed by atoms with Crippen LogP contribution in [0.3, 0.4) is 0 Å². The van der Waals surface area contributed by atoms with Crippen LogP contribution in [-0.4, -0.2) is 27.3 Å². The van der Waals surface area contributed by atoms with Crippen LogP contribution in [0.1, 0.15) is 17.3 Å². The molecule has 0 aliphatic carbocycles. The van der Waals surface area contributed by atoms with Gasteiger partial charge >= 0.3 is 12.2 Å². The third-order valence-electron chi connectivity index (χ3n) is 4.56. The maximum Gasteiger partial charge on any atom is 0.387 e. The van der Waals surface area contributed by atoms with Crippen LogP contribution in [0.5, 0.6) is 5.75 Å². The molecule has 0 saturated carbocycles. The Bertz CT molecular complexity index is 1400. The lowest BCUT2D eigenvalue weighted by molar-refractivity contribution is -0.0493. The van der Waals surface area contributed by atoms with E-state index in [-0.39, 0.29) is 61.1 Å². The molecule has 1 aromatic carbocycles. The summed E-state index contributed by atoms with van der Waals surface area (Å²) >= 11 is 12.6. The summed E-state index contributed by atoms with van der Waals surface area (Å²) < 4.78 is 37.1. The average molecular weight is 469 g/mol. The minimum absolute atomic E-state index is 0.0209. The summed E-state index contributed by atoms with van der Waals surface area (Å²) in [5.41, 5.74) is 4.53. The summed E-state index contributed by atoms with van der Waals surface area (Å²) in [6, 6.07) is 2.30. The normalized spacial score (nSPS) is 11.5. The number of aromatic nitrogens is 3. The Kier molecular flexibility index (Phi) is 5.28. The van der Waals surface area contributed by atoms with Crippen LogP contribution in [-0.2, 0) is 6.54 Å². The lowest BCUT2D eigenvalue weighted by Crippen LogP contribution is -2.22. The number of hydrogen-bond acceptors (Lipinski definition) is 6. The molecule has 31 heavy (non-hydrogen) atoms. The number of furan rings is 1. The third-order valence-corrected chi connectivity index (χ3v) is 5.13. The van der Waals surface area contributed by atoms with Crippen LogP contribution in [0, 0.1) is 0 Å². The van der Waals surface area contributed by atoms with E-state index in [0.717, 1.165) is 10.7 Å². The van der Waals surface area contributed by atoms with Gasteiger partial charge < -0.3 is 14.9 Å². The number of pyridine rings is 1. The second kappa shape index (κ2) is 7.78. The molecule has 0 aliphatic rings. The fourth-order valence-electron chi connectivity index (χ4n) is 3.31. The Labute approximate surface area is 182 Å². The number of ether oxygens (including phenoxy) is 1. The van der Waals surface area contributed by atoms with Gasteiger partial charge in [-0.2, -0.15) is 13.9 Å². The molecule has 0 fully saturated rings. The van der Waals surface area contributed by atoms with E-state index in [4.69, 9.17) is 33.4 Å². The number of halogens is 4. The van der Waals surface area contributed by atoms with E-state index in [9.17, 15) is 18.4 Å². The number of rotatable bonds is 5. The minimum atomic E-state index is -3.18. The first-order valence-corrected chi connectivity index (χ1v) is 9.54. The van der Waals surface area contributed by atoms with E-state index in [1.807, 2.05) is 0 Å². The van der Waals surface area contributed by atoms with E-state index < -0.39 is 18.1 Å². The lowest BCUT2D eigenvalue weighted by atomic mass is 10.0. The number of aryl methyl sites for hydroxylation is 1. The first-order chi connectivity index (χ1) is 14.7. The van der Waals surface area contributed by atoms with Crippen molar-refractivity contribution >= 4 is 51.0 Å². The van der Waals surface area contributed by atoms with Crippen molar-refractivity contribution in [1.29, 1.82) is 0 Å². The number of primary amides is 1. The zero-order valence-electron chi connectivity index (χ0n) is 15.7. The SMILES string of the molecule is CCn1nc(-c2c(Cl)cncc2Cl)c2c(oc3c(OC(F)F)ccc(C(N)=O)c32)c1=O. The van der Waals surface area contributed by atoms with E-state index in [1.54, 1.807) is 6.92 Å². The van der Waals surface area contributed by atoms with Crippen molar-refractivity contribution in [3.63, 3.8) is 0 Å². The highest BCUT2D eigenvalue weighted by Gasteiger charge is 2.27. The first kappa shape index (κ1) is 21.0. The molecule has 1 amide bonds. The van der Waals surface area contributed by atoms with Gasteiger partial charge in [-0.25, -0.2) is 4.68 Å². The summed E-state index contributed by atoms with van der Waals surface area (Å²) in [6.07, 6.45) is 2.64. The van der Waals surface area contributed by atoms with Crippen molar-refractivity contribution in [2.45, 2.75) is 20.1 Å². The van der Waals surface area contributed by atoms with Crippen LogP contribution in [0.4, 0.5) is 8.78 Å². The van der Waals surface area contributed by atoms with Gasteiger partial charge in [0.2, 0.25) is 11.5 Å². The first-order valence-electron chi connectivity index (χ1n) is 8.78. The molecule has 4 aromatic rings. The van der Waals surface area contributed by atoms with Gasteiger partial charge in [0.1, 0.15) is 5.69 Å². The number of nitrogens with zero attached hydrogens (tertiary/aromatic N) is 3. The van der Waals surface area contributed by atoms with Crippen molar-refractivity contribution in [3.05, 3.63) is 50.5 Å². The molecule has 0 aliphatic heterocycles. The van der Waals surface area contributed by atoms with Crippen molar-refractivity contribution in [1.82, 2.24) is 14.8 Å². The Morgan fingerprint density at radius 3 is 2.48 bits per heavy atom. The molecule has 3 heterocycles. The van der Waals surface area contributed by atoms with Gasteiger partial charge in [0.25, 0.3) is 0 Å². The second-order valence-electron chi connectivity index (χ2n) is 6.31. The molecule has 0 radical (unpaired) electrons. The highest BCUT2D eigenvalue weighted by atomic mass is 35.5. The highest BCUT2D eigenvalue weighted by molar-refractivity contribution is 6.39. The number of fused-ring (bicyclic) bond motifs is 3. The fourth-order valence-corrected chi connectivity index (χ4v) is 3.85. The van der Waals surface area contributed by atoms with E-state index in [2.05, 4.69) is 14.8 Å². The van der Waals surface area contributed by atoms with Crippen molar-refractivity contribution < 1.29 is 22.7 Å². The smallest absolute Gasteiger partial charge is 0.387 e. The van der Waals surface area contributed by atoms with Crippen LogP contribution in [0.15, 0.2) is 33.7 Å². The van der Waals surface area contributed by atoms with Gasteiger partial charge in [0, 0.05) is 29.9 Å². The van der Waals surface area contributed by atoms with E-state index in [0.29, 0.717) is 0 Å². The standard InChI is InChI=1S/C19H12Cl2F2N4O4/c1-2-27-18(29)16-13(14(26-27)12-8(20)5-25-6-9(12)21)11-7(17(24)28)3-4-10(15(11)31-16)30-19(22)23/h3-6,19H,2H2,1H3,(H2,24,28).